The van der Waals surface area contributed by atoms with E-state index in [1.54, 1.807) is 37.3 Å². The van der Waals surface area contributed by atoms with Crippen LogP contribution in [0.3, 0.4) is 0 Å². The Labute approximate surface area is 150 Å². The molecule has 3 rings (SSSR count). The Morgan fingerprint density at radius 2 is 1.96 bits per heavy atom. The van der Waals surface area contributed by atoms with Gasteiger partial charge >= 0.3 is 5.76 Å². The van der Waals surface area contributed by atoms with Gasteiger partial charge in [-0.1, -0.05) is 29.8 Å². The van der Waals surface area contributed by atoms with E-state index in [0.29, 0.717) is 28.2 Å². The van der Waals surface area contributed by atoms with Gasteiger partial charge in [0.25, 0.3) is 0 Å². The zero-order valence-electron chi connectivity index (χ0n) is 13.7. The number of aryl methyl sites for hydroxylation is 2. The maximum atomic E-state index is 12.7. The lowest BCUT2D eigenvalue weighted by Crippen LogP contribution is -2.24. The van der Waals surface area contributed by atoms with Crippen LogP contribution in [0.5, 0.6) is 0 Å². The van der Waals surface area contributed by atoms with Crippen molar-refractivity contribution in [2.45, 2.75) is 31.8 Å². The number of nitrogens with one attached hydrogen (secondary N) is 1. The molecular weight excluding hydrogens is 364 g/mol. The van der Waals surface area contributed by atoms with Crippen LogP contribution in [0, 0.1) is 6.92 Å². The SMILES string of the molecule is CCn1c(=O)oc2cc(S(=O)(=O)NCc3ccccc3Cl)c(C)cc21. The number of sulfonamides is 1. The molecule has 0 unspecified atom stereocenters. The largest absolute Gasteiger partial charge is 0.419 e. The lowest BCUT2D eigenvalue weighted by Gasteiger charge is -2.10. The van der Waals surface area contributed by atoms with Gasteiger partial charge in [-0.3, -0.25) is 4.57 Å². The highest BCUT2D eigenvalue weighted by molar-refractivity contribution is 7.89. The van der Waals surface area contributed by atoms with Crippen LogP contribution in [0.25, 0.3) is 11.1 Å². The Morgan fingerprint density at radius 1 is 1.24 bits per heavy atom. The van der Waals surface area contributed by atoms with Gasteiger partial charge in [-0.05, 0) is 37.1 Å². The van der Waals surface area contributed by atoms with Crippen LogP contribution in [0.2, 0.25) is 5.02 Å². The Morgan fingerprint density at radius 3 is 2.64 bits per heavy atom. The van der Waals surface area contributed by atoms with E-state index >= 15 is 0 Å². The van der Waals surface area contributed by atoms with Crippen molar-refractivity contribution in [3.8, 4) is 0 Å². The molecule has 0 spiro atoms. The molecule has 25 heavy (non-hydrogen) atoms. The van der Waals surface area contributed by atoms with Crippen molar-refractivity contribution in [1.29, 1.82) is 0 Å². The second kappa shape index (κ2) is 6.67. The number of aromatic nitrogens is 1. The molecule has 0 atom stereocenters. The zero-order valence-corrected chi connectivity index (χ0v) is 15.3. The molecule has 3 aromatic rings. The van der Waals surface area contributed by atoms with Crippen molar-refractivity contribution in [2.24, 2.45) is 0 Å². The molecule has 1 heterocycles. The van der Waals surface area contributed by atoms with Gasteiger partial charge in [0.05, 0.1) is 10.4 Å². The van der Waals surface area contributed by atoms with E-state index in [0.717, 1.165) is 0 Å². The van der Waals surface area contributed by atoms with Gasteiger partial charge < -0.3 is 4.42 Å². The molecule has 0 radical (unpaired) electrons. The van der Waals surface area contributed by atoms with Crippen molar-refractivity contribution in [3.63, 3.8) is 0 Å². The molecule has 0 aliphatic heterocycles. The van der Waals surface area contributed by atoms with E-state index in [2.05, 4.69) is 4.72 Å². The number of rotatable bonds is 5. The lowest BCUT2D eigenvalue weighted by molar-refractivity contribution is 0.512. The summed E-state index contributed by atoms with van der Waals surface area (Å²) in [6.45, 7) is 4.02. The first-order chi connectivity index (χ1) is 11.8. The number of benzene rings is 2. The summed E-state index contributed by atoms with van der Waals surface area (Å²) in [4.78, 5) is 11.9. The minimum absolute atomic E-state index is 0.0689. The zero-order chi connectivity index (χ0) is 18.2. The third-order valence-electron chi connectivity index (χ3n) is 3.98. The topological polar surface area (TPSA) is 81.3 Å². The van der Waals surface area contributed by atoms with Crippen molar-refractivity contribution in [3.05, 3.63) is 63.1 Å². The average Bonchev–Trinajstić information content (AvgIpc) is 2.87. The second-order valence-electron chi connectivity index (χ2n) is 5.61. The first kappa shape index (κ1) is 17.7. The van der Waals surface area contributed by atoms with E-state index in [9.17, 15) is 13.2 Å². The molecule has 132 valence electrons. The third kappa shape index (κ3) is 3.35. The van der Waals surface area contributed by atoms with Crippen LogP contribution in [-0.2, 0) is 23.1 Å². The van der Waals surface area contributed by atoms with Gasteiger partial charge in [-0.15, -0.1) is 0 Å². The number of hydrogen-bond acceptors (Lipinski definition) is 4. The third-order valence-corrected chi connectivity index (χ3v) is 5.89. The Bertz CT molecular complexity index is 1100. The molecule has 0 fully saturated rings. The number of halogens is 1. The van der Waals surface area contributed by atoms with Gasteiger partial charge in [0.15, 0.2) is 5.58 Å². The molecule has 0 bridgehead atoms. The quantitative estimate of drug-likeness (QED) is 0.737. The van der Waals surface area contributed by atoms with Crippen molar-refractivity contribution >= 4 is 32.7 Å². The highest BCUT2D eigenvalue weighted by Crippen LogP contribution is 2.23. The molecule has 0 aliphatic rings. The fourth-order valence-corrected chi connectivity index (χ4v) is 4.12. The summed E-state index contributed by atoms with van der Waals surface area (Å²) >= 11 is 6.06. The fourth-order valence-electron chi connectivity index (χ4n) is 2.68. The normalized spacial score (nSPS) is 12.0. The first-order valence-electron chi connectivity index (χ1n) is 7.70. The van der Waals surface area contributed by atoms with E-state index in [4.69, 9.17) is 16.0 Å². The monoisotopic (exact) mass is 380 g/mol. The van der Waals surface area contributed by atoms with Gasteiger partial charge in [-0.25, -0.2) is 17.9 Å². The predicted octanol–water partition coefficient (Wildman–Crippen LogP) is 3.05. The molecule has 0 aliphatic carbocycles. The Balaban J connectivity index is 1.98. The summed E-state index contributed by atoms with van der Waals surface area (Å²) in [5.41, 5.74) is 2.03. The maximum Gasteiger partial charge on any atom is 0.419 e. The Kier molecular flexibility index (Phi) is 4.73. The highest BCUT2D eigenvalue weighted by atomic mass is 35.5. The Hall–Kier alpha value is -2.09. The number of hydrogen-bond donors (Lipinski definition) is 1. The van der Waals surface area contributed by atoms with Gasteiger partial charge in [0.2, 0.25) is 10.0 Å². The minimum Gasteiger partial charge on any atom is -0.408 e. The van der Waals surface area contributed by atoms with Crippen LogP contribution in [0.4, 0.5) is 0 Å². The van der Waals surface area contributed by atoms with Crippen LogP contribution < -0.4 is 10.5 Å². The molecule has 1 aromatic heterocycles. The fraction of sp³-hybridized carbons (Fsp3) is 0.235. The molecule has 0 amide bonds. The first-order valence-corrected chi connectivity index (χ1v) is 9.56. The van der Waals surface area contributed by atoms with Gasteiger partial charge in [0, 0.05) is 24.2 Å². The van der Waals surface area contributed by atoms with E-state index in [1.165, 1.54) is 10.6 Å². The molecular formula is C17H17ClN2O4S. The smallest absolute Gasteiger partial charge is 0.408 e. The van der Waals surface area contributed by atoms with Crippen molar-refractivity contribution in [2.75, 3.05) is 0 Å². The van der Waals surface area contributed by atoms with Crippen LogP contribution in [0.1, 0.15) is 18.1 Å². The second-order valence-corrected chi connectivity index (χ2v) is 7.76. The lowest BCUT2D eigenvalue weighted by atomic mass is 10.2. The highest BCUT2D eigenvalue weighted by Gasteiger charge is 2.20. The van der Waals surface area contributed by atoms with Crippen molar-refractivity contribution in [1.82, 2.24) is 9.29 Å². The van der Waals surface area contributed by atoms with Crippen molar-refractivity contribution < 1.29 is 12.8 Å². The molecule has 1 N–H and O–H groups in total. The maximum absolute atomic E-state index is 12.7. The molecule has 0 saturated heterocycles. The van der Waals surface area contributed by atoms with Crippen LogP contribution in [0.15, 0.2) is 50.5 Å². The summed E-state index contributed by atoms with van der Waals surface area (Å²) in [6, 6.07) is 10.0. The van der Waals surface area contributed by atoms with Gasteiger partial charge in [-0.2, -0.15) is 0 Å². The number of nitrogens with zero attached hydrogens (tertiary/aromatic N) is 1. The summed E-state index contributed by atoms with van der Waals surface area (Å²) in [6.07, 6.45) is 0. The minimum atomic E-state index is -3.79. The van der Waals surface area contributed by atoms with Gasteiger partial charge in [0.1, 0.15) is 0 Å². The molecule has 8 heteroatoms. The summed E-state index contributed by atoms with van der Waals surface area (Å²) in [5.74, 6) is -0.504. The van der Waals surface area contributed by atoms with E-state index in [1.807, 2.05) is 6.92 Å². The predicted molar refractivity (Wildman–Crippen MR) is 96.4 cm³/mol. The van der Waals surface area contributed by atoms with Crippen LogP contribution >= 0.6 is 11.6 Å². The molecule has 2 aromatic carbocycles. The number of fused-ring (bicyclic) bond motifs is 1. The van der Waals surface area contributed by atoms with E-state index in [-0.39, 0.29) is 17.0 Å². The summed E-state index contributed by atoms with van der Waals surface area (Å²) < 4.78 is 34.5. The summed E-state index contributed by atoms with van der Waals surface area (Å²) in [7, 11) is -3.79. The van der Waals surface area contributed by atoms with Crippen LogP contribution in [-0.4, -0.2) is 13.0 Å². The standard InChI is InChI=1S/C17H17ClN2O4S/c1-3-20-14-8-11(2)16(9-15(14)24-17(20)21)25(22,23)19-10-12-6-4-5-7-13(12)18/h4-9,19H,3,10H2,1-2H3. The summed E-state index contributed by atoms with van der Waals surface area (Å²) in [5, 5.41) is 0.489. The van der Waals surface area contributed by atoms with E-state index < -0.39 is 15.8 Å². The average molecular weight is 381 g/mol. The molecule has 0 saturated carbocycles. The molecule has 6 nitrogen and oxygen atoms in total. The number of oxazole rings is 1.